The molecule has 1 aliphatic carbocycles. The van der Waals surface area contributed by atoms with E-state index < -0.39 is 0 Å². The highest BCUT2D eigenvalue weighted by Crippen LogP contribution is 2.20. The summed E-state index contributed by atoms with van der Waals surface area (Å²) in [4.78, 5) is 10.5. The molecule has 1 aromatic rings. The first kappa shape index (κ1) is 11.9. The molecule has 0 aromatic heterocycles. The van der Waals surface area contributed by atoms with Gasteiger partial charge in [0.2, 0.25) is 0 Å². The summed E-state index contributed by atoms with van der Waals surface area (Å²) in [7, 11) is 0. The predicted molar refractivity (Wildman–Crippen MR) is 68.8 cm³/mol. The number of aldehydes is 1. The van der Waals surface area contributed by atoms with Gasteiger partial charge in [0.25, 0.3) is 0 Å². The van der Waals surface area contributed by atoms with Crippen LogP contribution in [0.5, 0.6) is 0 Å². The Labute approximate surface area is 102 Å². The maximum Gasteiger partial charge on any atom is 0.150 e. The highest BCUT2D eigenvalue weighted by molar-refractivity contribution is 5.75. The summed E-state index contributed by atoms with van der Waals surface area (Å²) < 4.78 is 5.69. The third kappa shape index (κ3) is 3.74. The van der Waals surface area contributed by atoms with Gasteiger partial charge in [-0.2, -0.15) is 0 Å². The summed E-state index contributed by atoms with van der Waals surface area (Å²) in [6.45, 7) is 0. The fourth-order valence-electron chi connectivity index (χ4n) is 2.12. The monoisotopic (exact) mass is 230 g/mol. The molecule has 2 heteroatoms. The molecule has 1 fully saturated rings. The first-order chi connectivity index (χ1) is 8.38. The van der Waals surface area contributed by atoms with Crippen LogP contribution >= 0.6 is 0 Å². The van der Waals surface area contributed by atoms with Gasteiger partial charge in [-0.3, -0.25) is 4.79 Å². The summed E-state index contributed by atoms with van der Waals surface area (Å²) in [5.41, 5.74) is 1.77. The first-order valence-electron chi connectivity index (χ1n) is 6.26. The van der Waals surface area contributed by atoms with Crippen molar-refractivity contribution in [3.8, 4) is 0 Å². The Morgan fingerprint density at radius 1 is 1.00 bits per heavy atom. The zero-order chi connectivity index (χ0) is 11.9. The molecule has 0 N–H and O–H groups in total. The Hall–Kier alpha value is -1.57. The molecule has 0 radical (unpaired) electrons. The van der Waals surface area contributed by atoms with Gasteiger partial charge in [0.05, 0.1) is 12.4 Å². The van der Waals surface area contributed by atoms with Gasteiger partial charge in [0.1, 0.15) is 6.29 Å². The summed E-state index contributed by atoms with van der Waals surface area (Å²) in [5.74, 6) is 0. The third-order valence-corrected chi connectivity index (χ3v) is 3.16. The van der Waals surface area contributed by atoms with E-state index in [0.717, 1.165) is 11.8 Å². The van der Waals surface area contributed by atoms with Crippen molar-refractivity contribution in [1.82, 2.24) is 0 Å². The number of rotatable bonds is 4. The Morgan fingerprint density at radius 3 is 2.29 bits per heavy atom. The number of hydrogen-bond acceptors (Lipinski definition) is 2. The topological polar surface area (TPSA) is 26.3 Å². The van der Waals surface area contributed by atoms with E-state index >= 15 is 0 Å². The quantitative estimate of drug-likeness (QED) is 0.580. The molecule has 0 saturated heterocycles. The minimum Gasteiger partial charge on any atom is -0.498 e. The fraction of sp³-hybridized carbons (Fsp3) is 0.400. The Balaban J connectivity index is 1.84. The van der Waals surface area contributed by atoms with Gasteiger partial charge in [-0.05, 0) is 37.3 Å². The van der Waals surface area contributed by atoms with Gasteiger partial charge < -0.3 is 4.74 Å². The van der Waals surface area contributed by atoms with Gasteiger partial charge in [-0.15, -0.1) is 0 Å². The van der Waals surface area contributed by atoms with Crippen molar-refractivity contribution < 1.29 is 9.53 Å². The number of carbonyl (C=O) groups is 1. The van der Waals surface area contributed by atoms with Gasteiger partial charge in [0, 0.05) is 5.56 Å². The van der Waals surface area contributed by atoms with Gasteiger partial charge >= 0.3 is 0 Å². The van der Waals surface area contributed by atoms with Crippen LogP contribution < -0.4 is 0 Å². The largest absolute Gasteiger partial charge is 0.498 e. The van der Waals surface area contributed by atoms with E-state index in [1.165, 1.54) is 32.1 Å². The van der Waals surface area contributed by atoms with Crippen LogP contribution in [0.3, 0.4) is 0 Å². The van der Waals surface area contributed by atoms with E-state index in [4.69, 9.17) is 4.74 Å². The van der Waals surface area contributed by atoms with Gasteiger partial charge in [-0.1, -0.05) is 30.7 Å². The normalized spacial score (nSPS) is 17.2. The molecule has 90 valence electrons. The minimum atomic E-state index is 0.397. The van der Waals surface area contributed by atoms with Crippen LogP contribution in [0.4, 0.5) is 0 Å². The molecule has 0 atom stereocenters. The second-order valence-electron chi connectivity index (χ2n) is 4.48. The van der Waals surface area contributed by atoms with Crippen LogP contribution in [0.2, 0.25) is 0 Å². The first-order valence-corrected chi connectivity index (χ1v) is 6.26. The van der Waals surface area contributed by atoms with Crippen molar-refractivity contribution in [2.24, 2.45) is 0 Å². The second kappa shape index (κ2) is 6.24. The summed E-state index contributed by atoms with van der Waals surface area (Å²) in [6.07, 6.45) is 11.2. The Morgan fingerprint density at radius 2 is 1.65 bits per heavy atom. The SMILES string of the molecule is O=Cc1ccc(/C=C\OC2CCCCC2)cc1. The lowest BCUT2D eigenvalue weighted by atomic mass is 9.98. The Bertz CT molecular complexity index is 372. The smallest absolute Gasteiger partial charge is 0.150 e. The van der Waals surface area contributed by atoms with E-state index in [-0.39, 0.29) is 0 Å². The van der Waals surface area contributed by atoms with Crippen LogP contribution in [0.1, 0.15) is 48.0 Å². The van der Waals surface area contributed by atoms with Crippen LogP contribution in [-0.4, -0.2) is 12.4 Å². The minimum absolute atomic E-state index is 0.397. The molecule has 0 heterocycles. The predicted octanol–water partition coefficient (Wildman–Crippen LogP) is 3.82. The van der Waals surface area contributed by atoms with Gasteiger partial charge in [-0.25, -0.2) is 0 Å². The summed E-state index contributed by atoms with van der Waals surface area (Å²) in [5, 5.41) is 0. The van der Waals surface area contributed by atoms with E-state index in [0.29, 0.717) is 11.7 Å². The number of hydrogen-bond donors (Lipinski definition) is 0. The maximum absolute atomic E-state index is 10.5. The molecule has 2 nitrogen and oxygen atoms in total. The van der Waals surface area contributed by atoms with Crippen molar-refractivity contribution in [3.05, 3.63) is 41.7 Å². The molecule has 0 bridgehead atoms. The van der Waals surface area contributed by atoms with E-state index in [9.17, 15) is 4.79 Å². The standard InChI is InChI=1S/C15H18O2/c16-12-14-8-6-13(7-9-14)10-11-17-15-4-2-1-3-5-15/h6-12,15H,1-5H2/b11-10-. The zero-order valence-electron chi connectivity index (χ0n) is 9.97. The molecule has 17 heavy (non-hydrogen) atoms. The van der Waals surface area contributed by atoms with Crippen LogP contribution in [0.25, 0.3) is 6.08 Å². The van der Waals surface area contributed by atoms with Crippen LogP contribution in [-0.2, 0) is 4.74 Å². The van der Waals surface area contributed by atoms with Crippen LogP contribution in [0.15, 0.2) is 30.5 Å². The van der Waals surface area contributed by atoms with Crippen LogP contribution in [0, 0.1) is 0 Å². The second-order valence-corrected chi connectivity index (χ2v) is 4.48. The summed E-state index contributed by atoms with van der Waals surface area (Å²) in [6, 6.07) is 7.47. The average Bonchev–Trinajstić information content (AvgIpc) is 2.41. The van der Waals surface area contributed by atoms with E-state index in [1.54, 1.807) is 6.26 Å². The molecule has 0 spiro atoms. The molecule has 0 amide bonds. The number of benzene rings is 1. The lowest BCUT2D eigenvalue weighted by Crippen LogP contribution is -2.13. The van der Waals surface area contributed by atoms with Crippen molar-refractivity contribution >= 4 is 12.4 Å². The third-order valence-electron chi connectivity index (χ3n) is 3.16. The molecule has 2 rings (SSSR count). The lowest BCUT2D eigenvalue weighted by Gasteiger charge is -2.20. The van der Waals surface area contributed by atoms with Gasteiger partial charge in [0.15, 0.2) is 0 Å². The molecular formula is C15H18O2. The van der Waals surface area contributed by atoms with Crippen molar-refractivity contribution in [2.75, 3.05) is 0 Å². The summed E-state index contributed by atoms with van der Waals surface area (Å²) >= 11 is 0. The number of carbonyl (C=O) groups excluding carboxylic acids is 1. The van der Waals surface area contributed by atoms with E-state index in [1.807, 2.05) is 30.3 Å². The molecule has 1 aromatic carbocycles. The molecule has 1 saturated carbocycles. The van der Waals surface area contributed by atoms with E-state index in [2.05, 4.69) is 0 Å². The highest BCUT2D eigenvalue weighted by atomic mass is 16.5. The van der Waals surface area contributed by atoms with Crippen molar-refractivity contribution in [3.63, 3.8) is 0 Å². The molecule has 0 unspecified atom stereocenters. The highest BCUT2D eigenvalue weighted by Gasteiger charge is 2.12. The molecular weight excluding hydrogens is 212 g/mol. The molecule has 0 aliphatic heterocycles. The van der Waals surface area contributed by atoms with Crippen molar-refractivity contribution in [1.29, 1.82) is 0 Å². The maximum atomic E-state index is 10.5. The lowest BCUT2D eigenvalue weighted by molar-refractivity contribution is 0.108. The molecule has 1 aliphatic rings. The zero-order valence-corrected chi connectivity index (χ0v) is 9.97. The average molecular weight is 230 g/mol. The van der Waals surface area contributed by atoms with Crippen molar-refractivity contribution in [2.45, 2.75) is 38.2 Å². The fourth-order valence-corrected chi connectivity index (χ4v) is 2.12. The number of ether oxygens (including phenoxy) is 1. The Kier molecular flexibility index (Phi) is 4.37.